The van der Waals surface area contributed by atoms with Gasteiger partial charge < -0.3 is 5.11 Å². The van der Waals surface area contributed by atoms with E-state index in [9.17, 15) is 22.0 Å². The molecule has 2 aromatic rings. The average Bonchev–Trinajstić information content (AvgIpc) is 2.66. The molecule has 2 heterocycles. The van der Waals surface area contributed by atoms with Crippen LogP contribution in [0.15, 0.2) is 42.6 Å². The molecule has 0 bridgehead atoms. The second kappa shape index (κ2) is 10.3. The highest BCUT2D eigenvalue weighted by Gasteiger charge is 2.38. The maximum absolute atomic E-state index is 13.3. The number of pyridine rings is 1. The van der Waals surface area contributed by atoms with Gasteiger partial charge in [0.25, 0.3) is 0 Å². The molecule has 1 aliphatic rings. The molecule has 4 nitrogen and oxygen atoms in total. The first-order chi connectivity index (χ1) is 13.7. The fourth-order valence-corrected chi connectivity index (χ4v) is 3.19. The van der Waals surface area contributed by atoms with Crippen LogP contribution in [0.5, 0.6) is 0 Å². The Bertz CT molecular complexity index is 779. The van der Waals surface area contributed by atoms with E-state index in [1.54, 1.807) is 0 Å². The van der Waals surface area contributed by atoms with Crippen molar-refractivity contribution in [3.05, 3.63) is 65.5 Å². The van der Waals surface area contributed by atoms with Crippen LogP contribution in [0.2, 0.25) is 0 Å². The number of hydrogen-bond donors (Lipinski definition) is 1. The lowest BCUT2D eigenvalue weighted by Crippen LogP contribution is -2.35. The van der Waals surface area contributed by atoms with Crippen molar-refractivity contribution in [3.63, 3.8) is 0 Å². The van der Waals surface area contributed by atoms with Gasteiger partial charge in [-0.1, -0.05) is 12.5 Å². The van der Waals surface area contributed by atoms with E-state index in [1.807, 2.05) is 18.3 Å². The fraction of sp³-hybridized carbons (Fsp3) is 0.400. The summed E-state index contributed by atoms with van der Waals surface area (Å²) in [5.41, 5.74) is 1.80. The fourth-order valence-electron chi connectivity index (χ4n) is 3.19. The minimum Gasteiger partial charge on any atom is -0.475 e. The Kier molecular flexibility index (Phi) is 8.07. The normalized spacial score (nSPS) is 17.3. The van der Waals surface area contributed by atoms with Crippen molar-refractivity contribution in [2.24, 2.45) is 0 Å². The number of piperidine rings is 1. The first-order valence-electron chi connectivity index (χ1n) is 9.07. The zero-order valence-corrected chi connectivity index (χ0v) is 15.5. The van der Waals surface area contributed by atoms with Crippen molar-refractivity contribution in [2.75, 3.05) is 13.1 Å². The monoisotopic (exact) mass is 416 g/mol. The quantitative estimate of drug-likeness (QED) is 0.730. The molecule has 9 heteroatoms. The molecule has 0 amide bonds. The summed E-state index contributed by atoms with van der Waals surface area (Å²) in [5.74, 6) is -3.77. The van der Waals surface area contributed by atoms with Gasteiger partial charge in [0.2, 0.25) is 0 Å². The Balaban J connectivity index is 0.000000370. The van der Waals surface area contributed by atoms with Crippen LogP contribution in [0.25, 0.3) is 0 Å². The van der Waals surface area contributed by atoms with Gasteiger partial charge in [0, 0.05) is 18.8 Å². The van der Waals surface area contributed by atoms with E-state index in [4.69, 9.17) is 9.90 Å². The zero-order valence-electron chi connectivity index (χ0n) is 15.5. The third kappa shape index (κ3) is 7.41. The standard InChI is InChI=1S/C18H20F2N2.C2HF3O2/c19-15-11-14(12-16(20)13-15)7-10-22-9-4-2-6-18(22)17-5-1-3-8-21-17;3-2(4,5)1(6)7/h1,3,5,8,11-13,18H,2,4,6-7,9-10H2;(H,6,7). The molecule has 1 fully saturated rings. The molecule has 29 heavy (non-hydrogen) atoms. The number of carbonyl (C=O) groups is 1. The predicted octanol–water partition coefficient (Wildman–Crippen LogP) is 4.76. The van der Waals surface area contributed by atoms with Gasteiger partial charge >= 0.3 is 12.1 Å². The number of aromatic nitrogens is 1. The number of carboxylic acid groups (broad SMARTS) is 1. The summed E-state index contributed by atoms with van der Waals surface area (Å²) < 4.78 is 58.3. The van der Waals surface area contributed by atoms with Crippen molar-refractivity contribution in [1.82, 2.24) is 9.88 Å². The lowest BCUT2D eigenvalue weighted by molar-refractivity contribution is -0.192. The van der Waals surface area contributed by atoms with Crippen LogP contribution in [-0.4, -0.2) is 40.2 Å². The maximum Gasteiger partial charge on any atom is 0.490 e. The molecule has 1 aromatic heterocycles. The molecule has 1 aliphatic heterocycles. The third-order valence-corrected chi connectivity index (χ3v) is 4.50. The number of likely N-dealkylation sites (tertiary alicyclic amines) is 1. The van der Waals surface area contributed by atoms with Gasteiger partial charge in [-0.25, -0.2) is 13.6 Å². The van der Waals surface area contributed by atoms with E-state index in [1.165, 1.54) is 25.0 Å². The summed E-state index contributed by atoms with van der Waals surface area (Å²) in [7, 11) is 0. The van der Waals surface area contributed by atoms with Gasteiger partial charge in [0.1, 0.15) is 11.6 Å². The molecular weight excluding hydrogens is 395 g/mol. The van der Waals surface area contributed by atoms with Gasteiger partial charge in [-0.2, -0.15) is 13.2 Å². The van der Waals surface area contributed by atoms with Crippen LogP contribution < -0.4 is 0 Å². The predicted molar refractivity (Wildman–Crippen MR) is 96.2 cm³/mol. The highest BCUT2D eigenvalue weighted by atomic mass is 19.4. The second-order valence-corrected chi connectivity index (χ2v) is 6.63. The Hall–Kier alpha value is -2.55. The molecule has 0 aliphatic carbocycles. The van der Waals surface area contributed by atoms with Gasteiger partial charge in [-0.05, 0) is 55.6 Å². The van der Waals surface area contributed by atoms with Crippen LogP contribution >= 0.6 is 0 Å². The van der Waals surface area contributed by atoms with Crippen molar-refractivity contribution in [2.45, 2.75) is 37.9 Å². The van der Waals surface area contributed by atoms with Gasteiger partial charge in [0.05, 0.1) is 11.7 Å². The van der Waals surface area contributed by atoms with Gasteiger partial charge in [0.15, 0.2) is 0 Å². The van der Waals surface area contributed by atoms with Crippen LogP contribution in [-0.2, 0) is 11.2 Å². The molecule has 1 atom stereocenters. The molecule has 0 radical (unpaired) electrons. The number of alkyl halides is 3. The lowest BCUT2D eigenvalue weighted by atomic mass is 9.98. The van der Waals surface area contributed by atoms with E-state index >= 15 is 0 Å². The number of halogens is 5. The molecule has 1 aromatic carbocycles. The smallest absolute Gasteiger partial charge is 0.475 e. The first-order valence-corrected chi connectivity index (χ1v) is 9.07. The summed E-state index contributed by atoms with van der Waals surface area (Å²) in [5, 5.41) is 7.12. The molecule has 1 unspecified atom stereocenters. The van der Waals surface area contributed by atoms with Gasteiger partial charge in [-0.15, -0.1) is 0 Å². The SMILES string of the molecule is Fc1cc(F)cc(CCN2CCCCC2c2ccccn2)c1.O=C(O)C(F)(F)F. The number of hydrogen-bond acceptors (Lipinski definition) is 3. The van der Waals surface area contributed by atoms with Crippen molar-refractivity contribution in [3.8, 4) is 0 Å². The summed E-state index contributed by atoms with van der Waals surface area (Å²) in [6.07, 6.45) is 0.851. The minimum absolute atomic E-state index is 0.313. The molecule has 1 saturated heterocycles. The Morgan fingerprint density at radius 3 is 2.34 bits per heavy atom. The van der Waals surface area contributed by atoms with E-state index in [0.29, 0.717) is 18.0 Å². The van der Waals surface area contributed by atoms with Crippen LogP contribution in [0.3, 0.4) is 0 Å². The molecule has 0 spiro atoms. The van der Waals surface area contributed by atoms with Gasteiger partial charge in [-0.3, -0.25) is 9.88 Å². The first kappa shape index (κ1) is 22.7. The number of carboxylic acids is 1. The summed E-state index contributed by atoms with van der Waals surface area (Å²) in [6, 6.07) is 10.1. The highest BCUT2D eigenvalue weighted by molar-refractivity contribution is 5.73. The van der Waals surface area contributed by atoms with Crippen molar-refractivity contribution >= 4 is 5.97 Å². The van der Waals surface area contributed by atoms with E-state index in [-0.39, 0.29) is 0 Å². The zero-order chi connectivity index (χ0) is 21.4. The van der Waals surface area contributed by atoms with Crippen molar-refractivity contribution in [1.29, 1.82) is 0 Å². The van der Waals surface area contributed by atoms with E-state index in [2.05, 4.69) is 16.0 Å². The third-order valence-electron chi connectivity index (χ3n) is 4.50. The topological polar surface area (TPSA) is 53.4 Å². The van der Waals surface area contributed by atoms with Crippen molar-refractivity contribution < 1.29 is 31.9 Å². The second-order valence-electron chi connectivity index (χ2n) is 6.63. The molecule has 3 rings (SSSR count). The summed E-state index contributed by atoms with van der Waals surface area (Å²) >= 11 is 0. The van der Waals surface area contributed by atoms with E-state index < -0.39 is 23.8 Å². The highest BCUT2D eigenvalue weighted by Crippen LogP contribution is 2.29. The summed E-state index contributed by atoms with van der Waals surface area (Å²) in [4.78, 5) is 15.8. The number of rotatable bonds is 4. The number of aliphatic carboxylic acids is 1. The Morgan fingerprint density at radius 1 is 1.14 bits per heavy atom. The number of benzene rings is 1. The molecule has 1 N–H and O–H groups in total. The Morgan fingerprint density at radius 2 is 1.79 bits per heavy atom. The molecule has 0 saturated carbocycles. The molecule has 158 valence electrons. The van der Waals surface area contributed by atoms with Crippen LogP contribution in [0.1, 0.15) is 36.6 Å². The minimum atomic E-state index is -5.08. The number of nitrogens with zero attached hydrogens (tertiary/aromatic N) is 2. The Labute approximate surface area is 165 Å². The van der Waals surface area contributed by atoms with Crippen LogP contribution in [0.4, 0.5) is 22.0 Å². The largest absolute Gasteiger partial charge is 0.490 e. The van der Waals surface area contributed by atoms with E-state index in [0.717, 1.165) is 31.3 Å². The van der Waals surface area contributed by atoms with Crippen LogP contribution in [0, 0.1) is 11.6 Å². The summed E-state index contributed by atoms with van der Waals surface area (Å²) in [6.45, 7) is 1.81. The maximum atomic E-state index is 13.3. The lowest BCUT2D eigenvalue weighted by Gasteiger charge is -2.35. The average molecular weight is 416 g/mol. The molecular formula is C20H21F5N2O2.